The average Bonchev–Trinajstić information content (AvgIpc) is 3.16. The molecule has 5 nitrogen and oxygen atoms in total. The van der Waals surface area contributed by atoms with E-state index in [1.165, 1.54) is 33.8 Å². The summed E-state index contributed by atoms with van der Waals surface area (Å²) in [6, 6.07) is 10.5. The Kier molecular flexibility index (Phi) is 6.31. The number of piperazine rings is 1. The maximum absolute atomic E-state index is 13.4. The topological polar surface area (TPSA) is 53.5 Å². The number of thiazole rings is 1. The predicted molar refractivity (Wildman–Crippen MR) is 119 cm³/mol. The highest BCUT2D eigenvalue weighted by Crippen LogP contribution is 2.27. The van der Waals surface area contributed by atoms with Crippen molar-refractivity contribution >= 4 is 49.7 Å². The maximum atomic E-state index is 13.4. The van der Waals surface area contributed by atoms with E-state index >= 15 is 0 Å². The second kappa shape index (κ2) is 8.80. The molecule has 1 fully saturated rings. The average molecular weight is 486 g/mol. The van der Waals surface area contributed by atoms with E-state index in [4.69, 9.17) is 23.2 Å². The number of aromatic nitrogens is 1. The first-order chi connectivity index (χ1) is 14.3. The Labute approximate surface area is 188 Å². The monoisotopic (exact) mass is 485 g/mol. The van der Waals surface area contributed by atoms with Crippen LogP contribution >= 0.6 is 34.5 Å². The van der Waals surface area contributed by atoms with Gasteiger partial charge in [0.1, 0.15) is 5.82 Å². The summed E-state index contributed by atoms with van der Waals surface area (Å²) in [4.78, 5) is 6.73. The molecule has 0 N–H and O–H groups in total. The summed E-state index contributed by atoms with van der Waals surface area (Å²) < 4.78 is 40.3. The van der Waals surface area contributed by atoms with Crippen LogP contribution in [0.3, 0.4) is 0 Å². The summed E-state index contributed by atoms with van der Waals surface area (Å²) in [7, 11) is -3.71. The third kappa shape index (κ3) is 4.78. The summed E-state index contributed by atoms with van der Waals surface area (Å²) in [5.74, 6) is -0.564. The molecule has 0 radical (unpaired) electrons. The number of rotatable bonds is 5. The Morgan fingerprint density at radius 2 is 1.73 bits per heavy atom. The van der Waals surface area contributed by atoms with Crippen molar-refractivity contribution in [2.24, 2.45) is 0 Å². The summed E-state index contributed by atoms with van der Waals surface area (Å²) in [6.45, 7) is 1.67. The first-order valence-corrected chi connectivity index (χ1v) is 12.3. The number of hydrogen-bond acceptors (Lipinski definition) is 5. The van der Waals surface area contributed by atoms with Gasteiger partial charge in [0.25, 0.3) is 0 Å². The Morgan fingerprint density at radius 1 is 1.03 bits per heavy atom. The molecule has 2 heterocycles. The van der Waals surface area contributed by atoms with Crippen LogP contribution < -0.4 is 4.90 Å². The van der Waals surface area contributed by atoms with Crippen LogP contribution in [0.25, 0.3) is 0 Å². The molecule has 4 rings (SSSR count). The van der Waals surface area contributed by atoms with Gasteiger partial charge < -0.3 is 4.90 Å². The normalized spacial score (nSPS) is 15.5. The van der Waals surface area contributed by atoms with Gasteiger partial charge in [0, 0.05) is 48.0 Å². The lowest BCUT2D eigenvalue weighted by atomic mass is 10.1. The molecule has 0 saturated carbocycles. The van der Waals surface area contributed by atoms with Gasteiger partial charge in [0.2, 0.25) is 10.0 Å². The van der Waals surface area contributed by atoms with Gasteiger partial charge in [-0.3, -0.25) is 0 Å². The minimum Gasteiger partial charge on any atom is -0.345 e. The van der Waals surface area contributed by atoms with Crippen LogP contribution in [0.4, 0.5) is 9.52 Å². The number of benzene rings is 2. The number of halogens is 3. The van der Waals surface area contributed by atoms with E-state index in [9.17, 15) is 12.8 Å². The number of anilines is 1. The van der Waals surface area contributed by atoms with E-state index in [-0.39, 0.29) is 4.90 Å². The third-order valence-corrected chi connectivity index (χ3v) is 8.07. The number of hydrogen-bond donors (Lipinski definition) is 0. The van der Waals surface area contributed by atoms with E-state index in [2.05, 4.69) is 9.88 Å². The summed E-state index contributed by atoms with van der Waals surface area (Å²) in [5.41, 5.74) is 1.89. The minimum absolute atomic E-state index is 0.0207. The molecule has 0 spiro atoms. The summed E-state index contributed by atoms with van der Waals surface area (Å²) >= 11 is 13.6. The van der Waals surface area contributed by atoms with Crippen molar-refractivity contribution in [1.29, 1.82) is 0 Å². The molecule has 10 heteroatoms. The van der Waals surface area contributed by atoms with Gasteiger partial charge >= 0.3 is 0 Å². The van der Waals surface area contributed by atoms with Crippen LogP contribution in [0.15, 0.2) is 52.7 Å². The molecule has 1 saturated heterocycles. The van der Waals surface area contributed by atoms with Gasteiger partial charge in [-0.05, 0) is 42.0 Å². The fraction of sp³-hybridized carbons (Fsp3) is 0.250. The van der Waals surface area contributed by atoms with Crippen LogP contribution in [0.2, 0.25) is 10.0 Å². The molecule has 2 aromatic carbocycles. The van der Waals surface area contributed by atoms with E-state index in [1.807, 2.05) is 17.5 Å². The lowest BCUT2D eigenvalue weighted by Crippen LogP contribution is -2.48. The van der Waals surface area contributed by atoms with E-state index < -0.39 is 15.8 Å². The maximum Gasteiger partial charge on any atom is 0.243 e. The van der Waals surface area contributed by atoms with E-state index in [0.717, 1.165) is 22.5 Å². The molecule has 1 aliphatic rings. The van der Waals surface area contributed by atoms with E-state index in [1.54, 1.807) is 6.07 Å². The standard InChI is InChI=1S/C20H18Cl2FN3O2S2/c21-15-8-14(9-16(22)11-15)10-18-13-29-20(24-18)25-4-6-26(7-5-25)30(27,28)19-3-1-2-17(23)12-19/h1-3,8-9,11-13H,4-7,10H2. The number of sulfonamides is 1. The van der Waals surface area contributed by atoms with Crippen LogP contribution in [0, 0.1) is 5.82 Å². The van der Waals surface area contributed by atoms with Gasteiger partial charge in [-0.25, -0.2) is 17.8 Å². The Bertz CT molecular complexity index is 1140. The largest absolute Gasteiger partial charge is 0.345 e. The molecule has 0 amide bonds. The lowest BCUT2D eigenvalue weighted by molar-refractivity contribution is 0.384. The summed E-state index contributed by atoms with van der Waals surface area (Å²) in [5, 5.41) is 4.01. The Hall–Kier alpha value is -1.71. The van der Waals surface area contributed by atoms with Crippen LogP contribution in [-0.4, -0.2) is 43.9 Å². The van der Waals surface area contributed by atoms with Crippen LogP contribution in [-0.2, 0) is 16.4 Å². The molecule has 158 valence electrons. The first kappa shape index (κ1) is 21.5. The highest BCUT2D eigenvalue weighted by Gasteiger charge is 2.29. The molecule has 1 aliphatic heterocycles. The van der Waals surface area contributed by atoms with Gasteiger partial charge in [-0.1, -0.05) is 29.3 Å². The SMILES string of the molecule is O=S(=O)(c1cccc(F)c1)N1CCN(c2nc(Cc3cc(Cl)cc(Cl)c3)cs2)CC1. The fourth-order valence-corrected chi connectivity index (χ4v) is 6.25. The Balaban J connectivity index is 1.41. The quantitative estimate of drug-likeness (QED) is 0.525. The highest BCUT2D eigenvalue weighted by atomic mass is 35.5. The number of nitrogens with zero attached hydrogens (tertiary/aromatic N) is 3. The van der Waals surface area contributed by atoms with Crippen molar-refractivity contribution in [2.75, 3.05) is 31.1 Å². The van der Waals surface area contributed by atoms with Crippen molar-refractivity contribution in [3.63, 3.8) is 0 Å². The molecular formula is C20H18Cl2FN3O2S2. The van der Waals surface area contributed by atoms with Crippen molar-refractivity contribution in [2.45, 2.75) is 11.3 Å². The zero-order valence-corrected chi connectivity index (χ0v) is 18.9. The second-order valence-corrected chi connectivity index (χ2v) is 10.6. The van der Waals surface area contributed by atoms with Crippen LogP contribution in [0.1, 0.15) is 11.3 Å². The molecule has 0 aliphatic carbocycles. The molecule has 3 aromatic rings. The van der Waals surface area contributed by atoms with Gasteiger partial charge in [0.15, 0.2) is 5.13 Å². The lowest BCUT2D eigenvalue weighted by Gasteiger charge is -2.33. The minimum atomic E-state index is -3.71. The van der Waals surface area contributed by atoms with Crippen molar-refractivity contribution < 1.29 is 12.8 Å². The van der Waals surface area contributed by atoms with Gasteiger partial charge in [-0.15, -0.1) is 11.3 Å². The zero-order chi connectivity index (χ0) is 21.3. The Morgan fingerprint density at radius 3 is 2.40 bits per heavy atom. The predicted octanol–water partition coefficient (Wildman–Crippen LogP) is 4.69. The molecule has 30 heavy (non-hydrogen) atoms. The van der Waals surface area contributed by atoms with Crippen molar-refractivity contribution in [1.82, 2.24) is 9.29 Å². The zero-order valence-electron chi connectivity index (χ0n) is 15.8. The molecule has 0 unspecified atom stereocenters. The van der Waals surface area contributed by atoms with Gasteiger partial charge in [-0.2, -0.15) is 4.31 Å². The molecule has 0 atom stereocenters. The molecular weight excluding hydrogens is 468 g/mol. The van der Waals surface area contributed by atoms with Gasteiger partial charge in [0.05, 0.1) is 10.6 Å². The first-order valence-electron chi connectivity index (χ1n) is 9.21. The molecule has 0 bridgehead atoms. The second-order valence-electron chi connectivity index (χ2n) is 6.92. The van der Waals surface area contributed by atoms with Crippen LogP contribution in [0.5, 0.6) is 0 Å². The molecule has 1 aromatic heterocycles. The fourth-order valence-electron chi connectivity index (χ4n) is 3.34. The van der Waals surface area contributed by atoms with Crippen molar-refractivity contribution in [3.8, 4) is 0 Å². The smallest absolute Gasteiger partial charge is 0.243 e. The van der Waals surface area contributed by atoms with Crippen molar-refractivity contribution in [3.05, 3.63) is 75.0 Å². The van der Waals surface area contributed by atoms with E-state index in [0.29, 0.717) is 42.6 Å². The highest BCUT2D eigenvalue weighted by molar-refractivity contribution is 7.89. The summed E-state index contributed by atoms with van der Waals surface area (Å²) in [6.07, 6.45) is 0.616. The third-order valence-electron chi connectivity index (χ3n) is 4.79.